The lowest BCUT2D eigenvalue weighted by Crippen LogP contribution is -2.29. The van der Waals surface area contributed by atoms with Crippen molar-refractivity contribution in [3.63, 3.8) is 0 Å². The van der Waals surface area contributed by atoms with E-state index in [1.54, 1.807) is 97.8 Å². The molecule has 0 bridgehead atoms. The maximum Gasteiger partial charge on any atom is 0.187 e. The molecule has 6 aromatic heterocycles. The third-order valence-corrected chi connectivity index (χ3v) is 16.4. The molecule has 0 radical (unpaired) electrons. The van der Waals surface area contributed by atoms with Gasteiger partial charge in [0.05, 0.1) is 74.1 Å². The van der Waals surface area contributed by atoms with Gasteiger partial charge in [0.25, 0.3) is 0 Å². The highest BCUT2D eigenvalue weighted by Gasteiger charge is 2.37. The third kappa shape index (κ3) is 12.1. The number of aryl methyl sites for hydroxylation is 4. The molecule has 0 aliphatic rings. The summed E-state index contributed by atoms with van der Waals surface area (Å²) < 4.78 is 91.8. The van der Waals surface area contributed by atoms with Crippen LogP contribution < -0.4 is 18.9 Å². The number of pyridine rings is 2. The third-order valence-electron chi connectivity index (χ3n) is 12.3. The molecule has 76 heavy (non-hydrogen) atoms. The minimum atomic E-state index is -3.85. The van der Waals surface area contributed by atoms with Crippen molar-refractivity contribution in [2.75, 3.05) is 42.7 Å². The number of hydrogen-bond donors (Lipinski definition) is 0. The van der Waals surface area contributed by atoms with E-state index in [1.165, 1.54) is 55.1 Å². The molecule has 8 aromatic rings. The number of ether oxygens (including phenoxy) is 6. The molecule has 0 unspecified atom stereocenters. The van der Waals surface area contributed by atoms with E-state index in [2.05, 4.69) is 50.3 Å². The van der Waals surface area contributed by atoms with Gasteiger partial charge in [-0.2, -0.15) is 0 Å². The van der Waals surface area contributed by atoms with Crippen LogP contribution in [-0.4, -0.2) is 129 Å². The van der Waals surface area contributed by atoms with Crippen LogP contribution in [0.15, 0.2) is 97.6 Å². The van der Waals surface area contributed by atoms with Gasteiger partial charge >= 0.3 is 0 Å². The number of para-hydroxylation sites is 2. The number of nitrogens with zero attached hydrogens (tertiary/aromatic N) is 12. The van der Waals surface area contributed by atoms with E-state index < -0.39 is 53.9 Å². The van der Waals surface area contributed by atoms with Gasteiger partial charge in [0.1, 0.15) is 69.5 Å². The lowest BCUT2D eigenvalue weighted by Gasteiger charge is -2.22. The van der Waals surface area contributed by atoms with E-state index in [4.69, 9.17) is 28.4 Å². The monoisotopic (exact) mass is 1080 g/mol. The molecular weight excluding hydrogens is 1020 g/mol. The van der Waals surface area contributed by atoms with Gasteiger partial charge in [-0.3, -0.25) is 29.1 Å². The zero-order valence-electron chi connectivity index (χ0n) is 44.2. The van der Waals surface area contributed by atoms with E-state index in [9.17, 15) is 16.8 Å². The highest BCUT2D eigenvalue weighted by Crippen LogP contribution is 2.39. The molecule has 0 saturated carbocycles. The second kappa shape index (κ2) is 24.3. The van der Waals surface area contributed by atoms with Crippen LogP contribution >= 0.6 is 0 Å². The van der Waals surface area contributed by atoms with Gasteiger partial charge in [-0.25, -0.2) is 26.8 Å². The molecule has 4 atom stereocenters. The van der Waals surface area contributed by atoms with Gasteiger partial charge in [-0.1, -0.05) is 24.3 Å². The van der Waals surface area contributed by atoms with Crippen molar-refractivity contribution in [2.24, 2.45) is 0 Å². The normalized spacial score (nSPS) is 13.2. The van der Waals surface area contributed by atoms with Gasteiger partial charge in [-0.15, -0.1) is 20.4 Å². The fourth-order valence-corrected chi connectivity index (χ4v) is 11.1. The first-order chi connectivity index (χ1) is 36.4. The Hall–Kier alpha value is -7.80. The molecule has 0 spiro atoms. The maximum atomic E-state index is 13.7. The van der Waals surface area contributed by atoms with Crippen molar-refractivity contribution in [1.82, 2.24) is 59.4 Å². The Morgan fingerprint density at radius 3 is 1.08 bits per heavy atom. The molecule has 0 aliphatic heterocycles. The molecule has 2 aromatic carbocycles. The first kappa shape index (κ1) is 55.9. The Balaban J connectivity index is 0.000000221. The van der Waals surface area contributed by atoms with E-state index in [0.29, 0.717) is 68.8 Å². The van der Waals surface area contributed by atoms with E-state index in [1.807, 2.05) is 38.1 Å². The van der Waals surface area contributed by atoms with Crippen LogP contribution in [0, 0.1) is 27.7 Å². The molecular formula is C52H60N12O10S2. The largest absolute Gasteiger partial charge is 0.494 e. The Kier molecular flexibility index (Phi) is 17.8. The molecule has 6 heterocycles. The summed E-state index contributed by atoms with van der Waals surface area (Å²) in [6.07, 6.45) is 4.54. The first-order valence-corrected chi connectivity index (χ1v) is 27.1. The Bertz CT molecular complexity index is 3230. The fourth-order valence-electron chi connectivity index (χ4n) is 8.27. The maximum absolute atomic E-state index is 13.7. The highest BCUT2D eigenvalue weighted by atomic mass is 32.2. The first-order valence-electron chi connectivity index (χ1n) is 23.6. The molecule has 0 fully saturated rings. The molecule has 8 rings (SSSR count). The summed E-state index contributed by atoms with van der Waals surface area (Å²) in [6.45, 7) is 10.5. The average molecular weight is 1080 g/mol. The number of hydrogen-bond acceptors (Lipinski definition) is 20. The molecule has 0 N–H and O–H groups in total. The van der Waals surface area contributed by atoms with Crippen LogP contribution in [0.5, 0.6) is 23.0 Å². The quantitative estimate of drug-likeness (QED) is 0.0752. The Labute approximate surface area is 441 Å². The Morgan fingerprint density at radius 2 is 0.789 bits per heavy atom. The molecule has 0 aliphatic carbocycles. The summed E-state index contributed by atoms with van der Waals surface area (Å²) >= 11 is 0. The smallest absolute Gasteiger partial charge is 0.187 e. The van der Waals surface area contributed by atoms with Gasteiger partial charge in [-0.05, 0) is 90.1 Å². The summed E-state index contributed by atoms with van der Waals surface area (Å²) in [4.78, 5) is 26.3. The van der Waals surface area contributed by atoms with Crippen molar-refractivity contribution in [3.8, 4) is 57.4 Å². The molecule has 24 heteroatoms. The second-order valence-electron chi connectivity index (χ2n) is 17.4. The fraction of sp³-hybridized carbons (Fsp3) is 0.346. The summed E-state index contributed by atoms with van der Waals surface area (Å²) in [7, 11) is 1.30. The van der Waals surface area contributed by atoms with Crippen LogP contribution in [-0.2, 0) is 40.7 Å². The van der Waals surface area contributed by atoms with Crippen LogP contribution in [0.2, 0.25) is 0 Å². The van der Waals surface area contributed by atoms with Crippen LogP contribution in [0.3, 0.4) is 0 Å². The summed E-state index contributed by atoms with van der Waals surface area (Å²) in [6, 6.07) is 21.6. The van der Waals surface area contributed by atoms with Gasteiger partial charge < -0.3 is 28.4 Å². The molecule has 22 nitrogen and oxygen atoms in total. The van der Waals surface area contributed by atoms with Crippen LogP contribution in [0.25, 0.3) is 34.4 Å². The van der Waals surface area contributed by atoms with E-state index in [-0.39, 0.29) is 11.6 Å². The predicted octanol–water partition coefficient (Wildman–Crippen LogP) is 6.89. The molecule has 400 valence electrons. The van der Waals surface area contributed by atoms with Crippen LogP contribution in [0.1, 0.15) is 71.9 Å². The van der Waals surface area contributed by atoms with Crippen molar-refractivity contribution >= 4 is 19.7 Å². The zero-order chi connectivity index (χ0) is 54.9. The minimum Gasteiger partial charge on any atom is -0.494 e. The summed E-state index contributed by atoms with van der Waals surface area (Å²) in [5.41, 5.74) is 5.79. The van der Waals surface area contributed by atoms with Crippen molar-refractivity contribution < 1.29 is 45.3 Å². The zero-order valence-corrected chi connectivity index (χ0v) is 45.9. The summed E-state index contributed by atoms with van der Waals surface area (Å²) in [5, 5.41) is 15.4. The average Bonchev–Trinajstić information content (AvgIpc) is 4.04. The highest BCUT2D eigenvalue weighted by molar-refractivity contribution is 7.91. The molecule has 0 amide bonds. The van der Waals surface area contributed by atoms with Crippen molar-refractivity contribution in [1.29, 1.82) is 0 Å². The number of aromatic nitrogens is 12. The summed E-state index contributed by atoms with van der Waals surface area (Å²) in [5.74, 6) is 1.98. The standard InChI is InChI=1S/2C26H30N6O5S/c2*1-16-9-7-10-19(29-16)26-31-30-23(32(26)24-21(35-4)11-8-12-22(24)36-5)15-38(33,34)18(3)25(37-6)20-14-27-17(2)13-28-20/h2*7-14,18,25H,15H2,1-6H3/t2*18-,25-/m10/s1. The SMILES string of the molecule is COc1cccc(OC)c1-n1c(CS(=O)(=O)[C@@H](C)[C@H](OC)c2cnc(C)cn2)nnc1-c1cccc(C)n1.COc1cccc(OC)c1-n1c(CS(=O)(=O)[C@H](C)[C@@H](OC)c2cnc(C)cn2)nnc1-c1cccc(C)n1. The van der Waals surface area contributed by atoms with Gasteiger partial charge in [0, 0.05) is 38.0 Å². The van der Waals surface area contributed by atoms with Crippen LogP contribution in [0.4, 0.5) is 0 Å². The number of benzene rings is 2. The minimum absolute atomic E-state index is 0.169. The number of sulfone groups is 2. The number of rotatable bonds is 20. The molecule has 0 saturated heterocycles. The second-order valence-corrected chi connectivity index (χ2v) is 22.1. The number of methoxy groups -OCH3 is 6. The lowest BCUT2D eigenvalue weighted by molar-refractivity contribution is 0.0982. The van der Waals surface area contributed by atoms with E-state index >= 15 is 0 Å². The van der Waals surface area contributed by atoms with Gasteiger partial charge in [0.15, 0.2) is 43.0 Å². The van der Waals surface area contributed by atoms with E-state index in [0.717, 1.165) is 22.8 Å². The lowest BCUT2D eigenvalue weighted by atomic mass is 10.2. The predicted molar refractivity (Wildman–Crippen MR) is 282 cm³/mol. The van der Waals surface area contributed by atoms with Crippen molar-refractivity contribution in [3.05, 3.63) is 143 Å². The van der Waals surface area contributed by atoms with Gasteiger partial charge in [0.2, 0.25) is 0 Å². The Morgan fingerprint density at radius 1 is 0.447 bits per heavy atom. The topological polar surface area (TPSA) is 262 Å². The van der Waals surface area contributed by atoms with Crippen molar-refractivity contribution in [2.45, 2.75) is 75.8 Å².